The van der Waals surface area contributed by atoms with Crippen molar-refractivity contribution in [2.24, 2.45) is 0 Å². The second-order valence-corrected chi connectivity index (χ2v) is 5.73. The van der Waals surface area contributed by atoms with E-state index in [-0.39, 0.29) is 5.75 Å². The minimum atomic E-state index is -0.407. The summed E-state index contributed by atoms with van der Waals surface area (Å²) in [7, 11) is 0. The molecule has 1 saturated heterocycles. The molecule has 1 unspecified atom stereocenters. The van der Waals surface area contributed by atoms with E-state index in [0.717, 1.165) is 12.2 Å². The number of hydrogen-bond acceptors (Lipinski definition) is 4. The fourth-order valence-electron chi connectivity index (χ4n) is 2.02. The van der Waals surface area contributed by atoms with Gasteiger partial charge in [-0.2, -0.15) is 11.8 Å². The van der Waals surface area contributed by atoms with Crippen LogP contribution in [0.4, 0.5) is 15.8 Å². The Bertz CT molecular complexity index is 408. The highest BCUT2D eigenvalue weighted by Gasteiger charge is 2.16. The molecular weight excluding hydrogens is 251 g/mol. The maximum Gasteiger partial charge on any atom is 0.167 e. The first-order valence-electron chi connectivity index (χ1n) is 6.28. The number of benzene rings is 1. The van der Waals surface area contributed by atoms with Gasteiger partial charge >= 0.3 is 0 Å². The van der Waals surface area contributed by atoms with Gasteiger partial charge in [-0.1, -0.05) is 0 Å². The highest BCUT2D eigenvalue weighted by Crippen LogP contribution is 2.30. The molecule has 1 aromatic rings. The average molecular weight is 270 g/mol. The van der Waals surface area contributed by atoms with E-state index >= 15 is 0 Å². The van der Waals surface area contributed by atoms with Gasteiger partial charge in [-0.05, 0) is 25.5 Å². The highest BCUT2D eigenvalue weighted by atomic mass is 32.2. The minimum absolute atomic E-state index is 0.258. The number of thioether (sulfide) groups is 1. The first-order chi connectivity index (χ1) is 8.70. The van der Waals surface area contributed by atoms with Crippen LogP contribution in [-0.4, -0.2) is 24.2 Å². The minimum Gasteiger partial charge on any atom is -0.491 e. The van der Waals surface area contributed by atoms with Crippen LogP contribution < -0.4 is 15.8 Å². The molecule has 0 amide bonds. The molecule has 0 aliphatic carbocycles. The predicted octanol–water partition coefficient (Wildman–Crippen LogP) is 3.11. The summed E-state index contributed by atoms with van der Waals surface area (Å²) in [4.78, 5) is 0. The fourth-order valence-corrected chi connectivity index (χ4v) is 3.22. The summed E-state index contributed by atoms with van der Waals surface area (Å²) in [6.45, 7) is 3.14. The van der Waals surface area contributed by atoms with Crippen molar-refractivity contribution in [3.63, 3.8) is 0 Å². The van der Waals surface area contributed by atoms with Crippen molar-refractivity contribution in [3.05, 3.63) is 17.9 Å². The van der Waals surface area contributed by atoms with E-state index in [9.17, 15) is 4.39 Å². The van der Waals surface area contributed by atoms with Gasteiger partial charge < -0.3 is 15.8 Å². The van der Waals surface area contributed by atoms with Gasteiger partial charge in [-0.15, -0.1) is 0 Å². The lowest BCUT2D eigenvalue weighted by Crippen LogP contribution is -2.14. The molecule has 1 aliphatic rings. The van der Waals surface area contributed by atoms with Crippen molar-refractivity contribution in [1.29, 1.82) is 0 Å². The lowest BCUT2D eigenvalue weighted by atomic mass is 10.2. The van der Waals surface area contributed by atoms with Crippen molar-refractivity contribution >= 4 is 23.1 Å². The third-order valence-corrected chi connectivity index (χ3v) is 4.35. The van der Waals surface area contributed by atoms with Crippen LogP contribution in [0.2, 0.25) is 0 Å². The van der Waals surface area contributed by atoms with E-state index < -0.39 is 5.82 Å². The van der Waals surface area contributed by atoms with Crippen LogP contribution in [0.15, 0.2) is 12.1 Å². The van der Waals surface area contributed by atoms with Gasteiger partial charge in [0.15, 0.2) is 11.6 Å². The molecule has 0 radical (unpaired) electrons. The monoisotopic (exact) mass is 270 g/mol. The Morgan fingerprint density at radius 1 is 1.56 bits per heavy atom. The summed E-state index contributed by atoms with van der Waals surface area (Å²) < 4.78 is 18.8. The molecule has 18 heavy (non-hydrogen) atoms. The number of halogens is 1. The lowest BCUT2D eigenvalue weighted by molar-refractivity contribution is 0.322. The summed E-state index contributed by atoms with van der Waals surface area (Å²) >= 11 is 1.98. The second kappa shape index (κ2) is 6.18. The van der Waals surface area contributed by atoms with Crippen LogP contribution in [0.1, 0.15) is 19.8 Å². The summed E-state index contributed by atoms with van der Waals surface area (Å²) in [5.74, 6) is 1.08. The average Bonchev–Trinajstić information content (AvgIpc) is 2.84. The molecule has 0 aromatic heterocycles. The zero-order valence-electron chi connectivity index (χ0n) is 10.5. The summed E-state index contributed by atoms with van der Waals surface area (Å²) in [5.41, 5.74) is 6.99. The molecule has 1 fully saturated rings. The molecule has 1 aromatic carbocycles. The first kappa shape index (κ1) is 13.3. The molecule has 0 spiro atoms. The van der Waals surface area contributed by atoms with E-state index in [1.165, 1.54) is 24.7 Å². The van der Waals surface area contributed by atoms with Gasteiger partial charge in [0.1, 0.15) is 0 Å². The second-order valence-electron chi connectivity index (χ2n) is 4.32. The van der Waals surface area contributed by atoms with Crippen molar-refractivity contribution in [2.75, 3.05) is 30.0 Å². The van der Waals surface area contributed by atoms with E-state index in [1.807, 2.05) is 18.7 Å². The fraction of sp³-hybridized carbons (Fsp3) is 0.538. The molecule has 100 valence electrons. The largest absolute Gasteiger partial charge is 0.491 e. The number of nitrogens with one attached hydrogen (secondary N) is 1. The van der Waals surface area contributed by atoms with Crippen molar-refractivity contribution in [1.82, 2.24) is 0 Å². The van der Waals surface area contributed by atoms with Gasteiger partial charge in [0.05, 0.1) is 18.0 Å². The zero-order chi connectivity index (χ0) is 13.0. The van der Waals surface area contributed by atoms with Crippen LogP contribution in [0, 0.1) is 5.82 Å². The van der Waals surface area contributed by atoms with Gasteiger partial charge in [0, 0.05) is 23.9 Å². The van der Waals surface area contributed by atoms with Gasteiger partial charge in [0.25, 0.3) is 0 Å². The molecule has 3 nitrogen and oxygen atoms in total. The van der Waals surface area contributed by atoms with Crippen LogP contribution >= 0.6 is 11.8 Å². The molecule has 1 aliphatic heterocycles. The smallest absolute Gasteiger partial charge is 0.167 e. The van der Waals surface area contributed by atoms with Gasteiger partial charge in [-0.3, -0.25) is 0 Å². The first-order valence-corrected chi connectivity index (χ1v) is 7.33. The maximum atomic E-state index is 13.5. The number of nitrogens with two attached hydrogens (primary N) is 1. The van der Waals surface area contributed by atoms with E-state index in [4.69, 9.17) is 10.5 Å². The Kier molecular flexibility index (Phi) is 4.58. The number of rotatable bonds is 5. The van der Waals surface area contributed by atoms with E-state index in [2.05, 4.69) is 5.32 Å². The van der Waals surface area contributed by atoms with Crippen molar-refractivity contribution < 1.29 is 9.13 Å². The number of hydrogen-bond donors (Lipinski definition) is 2. The predicted molar refractivity (Wildman–Crippen MR) is 76.0 cm³/mol. The van der Waals surface area contributed by atoms with Crippen LogP contribution in [0.5, 0.6) is 5.75 Å². The molecule has 3 N–H and O–H groups in total. The van der Waals surface area contributed by atoms with Crippen LogP contribution in [-0.2, 0) is 0 Å². The Morgan fingerprint density at radius 3 is 3.06 bits per heavy atom. The quantitative estimate of drug-likeness (QED) is 0.807. The highest BCUT2D eigenvalue weighted by molar-refractivity contribution is 8.00. The van der Waals surface area contributed by atoms with Crippen LogP contribution in [0.25, 0.3) is 0 Å². The van der Waals surface area contributed by atoms with Crippen molar-refractivity contribution in [2.45, 2.75) is 25.0 Å². The lowest BCUT2D eigenvalue weighted by Gasteiger charge is -2.15. The molecule has 1 atom stereocenters. The van der Waals surface area contributed by atoms with Gasteiger partial charge in [-0.25, -0.2) is 4.39 Å². The third kappa shape index (κ3) is 3.22. The zero-order valence-corrected chi connectivity index (χ0v) is 11.4. The summed E-state index contributed by atoms with van der Waals surface area (Å²) in [6, 6.07) is 2.96. The molecule has 0 bridgehead atoms. The standard InChI is InChI=1S/C13H19FN2OS/c1-2-17-13-7-12(11(15)6-10(13)14)16-8-9-4-3-5-18-9/h6-7,9,16H,2-5,8,15H2,1H3. The van der Waals surface area contributed by atoms with Gasteiger partial charge in [0.2, 0.25) is 0 Å². The normalized spacial score (nSPS) is 18.9. The van der Waals surface area contributed by atoms with E-state index in [0.29, 0.717) is 17.5 Å². The Balaban J connectivity index is 2.03. The summed E-state index contributed by atoms with van der Waals surface area (Å²) in [6.07, 6.45) is 2.51. The molecule has 1 heterocycles. The van der Waals surface area contributed by atoms with Crippen molar-refractivity contribution in [3.8, 4) is 5.75 Å². The number of anilines is 2. The SMILES string of the molecule is CCOc1cc(NCC2CCCS2)c(N)cc1F. The maximum absolute atomic E-state index is 13.5. The number of ether oxygens (including phenoxy) is 1. The molecule has 5 heteroatoms. The Hall–Kier alpha value is -1.10. The topological polar surface area (TPSA) is 47.3 Å². The molecule has 2 rings (SSSR count). The summed E-state index contributed by atoms with van der Waals surface area (Å²) in [5, 5.41) is 3.92. The number of nitrogen functional groups attached to an aromatic ring is 1. The Labute approximate surface area is 111 Å². The van der Waals surface area contributed by atoms with Crippen LogP contribution in [0.3, 0.4) is 0 Å². The molecular formula is C13H19FN2OS. The van der Waals surface area contributed by atoms with E-state index in [1.54, 1.807) is 6.07 Å². The molecule has 0 saturated carbocycles. The third-order valence-electron chi connectivity index (χ3n) is 2.95. The Morgan fingerprint density at radius 2 is 2.39 bits per heavy atom.